The molecule has 1 aliphatic rings. The van der Waals surface area contributed by atoms with Gasteiger partial charge in [0.05, 0.1) is 0 Å². The standard InChI is InChI=1S/C17H27N/c1-15-7-5-11-17(13-15,14-18)12-6-10-16-8-3-2-4-9-16/h2-4,8-9,15H,5-7,10-14,18H2,1H3. The summed E-state index contributed by atoms with van der Waals surface area (Å²) in [5.74, 6) is 0.874. The molecule has 1 aromatic rings. The Morgan fingerprint density at radius 3 is 2.72 bits per heavy atom. The number of nitrogens with two attached hydrogens (primary N) is 1. The molecule has 1 nitrogen and oxygen atoms in total. The maximum atomic E-state index is 6.08. The fourth-order valence-electron chi connectivity index (χ4n) is 3.60. The van der Waals surface area contributed by atoms with Gasteiger partial charge in [0, 0.05) is 0 Å². The molecule has 0 spiro atoms. The second-order valence-electron chi connectivity index (χ2n) is 6.24. The van der Waals surface area contributed by atoms with Crippen molar-refractivity contribution in [2.24, 2.45) is 17.1 Å². The molecule has 0 aromatic heterocycles. The van der Waals surface area contributed by atoms with Gasteiger partial charge >= 0.3 is 0 Å². The molecule has 2 unspecified atom stereocenters. The second-order valence-corrected chi connectivity index (χ2v) is 6.24. The van der Waals surface area contributed by atoms with E-state index in [2.05, 4.69) is 37.3 Å². The van der Waals surface area contributed by atoms with Gasteiger partial charge in [-0.05, 0) is 55.5 Å². The largest absolute Gasteiger partial charge is 0.330 e. The van der Waals surface area contributed by atoms with E-state index in [1.54, 1.807) is 0 Å². The normalized spacial score (nSPS) is 28.2. The van der Waals surface area contributed by atoms with Crippen molar-refractivity contribution in [2.75, 3.05) is 6.54 Å². The molecule has 1 aromatic carbocycles. The zero-order valence-electron chi connectivity index (χ0n) is 11.7. The minimum absolute atomic E-state index is 0.451. The number of hydrogen-bond acceptors (Lipinski definition) is 1. The average Bonchev–Trinajstić information content (AvgIpc) is 2.40. The predicted molar refractivity (Wildman–Crippen MR) is 78.5 cm³/mol. The van der Waals surface area contributed by atoms with Crippen LogP contribution in [0.25, 0.3) is 0 Å². The molecule has 0 aliphatic heterocycles. The van der Waals surface area contributed by atoms with Gasteiger partial charge in [-0.3, -0.25) is 0 Å². The lowest BCUT2D eigenvalue weighted by Gasteiger charge is -2.39. The fourth-order valence-corrected chi connectivity index (χ4v) is 3.60. The van der Waals surface area contributed by atoms with Gasteiger partial charge in [0.1, 0.15) is 0 Å². The van der Waals surface area contributed by atoms with E-state index in [4.69, 9.17) is 5.73 Å². The Morgan fingerprint density at radius 1 is 1.28 bits per heavy atom. The molecule has 0 radical (unpaired) electrons. The molecule has 0 heterocycles. The van der Waals surface area contributed by atoms with Crippen LogP contribution in [-0.4, -0.2) is 6.54 Å². The van der Waals surface area contributed by atoms with Crippen LogP contribution in [0.5, 0.6) is 0 Å². The molecule has 1 heteroatoms. The first-order valence-corrected chi connectivity index (χ1v) is 7.48. The second kappa shape index (κ2) is 6.38. The predicted octanol–water partition coefficient (Wildman–Crippen LogP) is 4.16. The van der Waals surface area contributed by atoms with Gasteiger partial charge in [-0.25, -0.2) is 0 Å². The van der Waals surface area contributed by atoms with E-state index in [0.29, 0.717) is 5.41 Å². The minimum atomic E-state index is 0.451. The molecule has 100 valence electrons. The van der Waals surface area contributed by atoms with Gasteiger partial charge in [0.25, 0.3) is 0 Å². The van der Waals surface area contributed by atoms with Crippen LogP contribution in [0.15, 0.2) is 30.3 Å². The monoisotopic (exact) mass is 245 g/mol. The van der Waals surface area contributed by atoms with Crippen molar-refractivity contribution in [2.45, 2.75) is 51.9 Å². The molecule has 0 bridgehead atoms. The van der Waals surface area contributed by atoms with Crippen LogP contribution in [0.3, 0.4) is 0 Å². The lowest BCUT2D eigenvalue weighted by Crippen LogP contribution is -2.35. The van der Waals surface area contributed by atoms with Crippen molar-refractivity contribution in [3.8, 4) is 0 Å². The average molecular weight is 245 g/mol. The van der Waals surface area contributed by atoms with E-state index in [-0.39, 0.29) is 0 Å². The van der Waals surface area contributed by atoms with Crippen LogP contribution in [0.4, 0.5) is 0 Å². The van der Waals surface area contributed by atoms with Crippen LogP contribution in [0, 0.1) is 11.3 Å². The molecule has 0 saturated heterocycles. The van der Waals surface area contributed by atoms with Crippen molar-refractivity contribution in [1.82, 2.24) is 0 Å². The number of aryl methyl sites for hydroxylation is 1. The quantitative estimate of drug-likeness (QED) is 0.828. The number of hydrogen-bond donors (Lipinski definition) is 1. The highest BCUT2D eigenvalue weighted by molar-refractivity contribution is 5.14. The SMILES string of the molecule is CC1CCCC(CN)(CCCc2ccccc2)C1. The van der Waals surface area contributed by atoms with Crippen molar-refractivity contribution in [3.05, 3.63) is 35.9 Å². The maximum Gasteiger partial charge on any atom is -0.00204 e. The summed E-state index contributed by atoms with van der Waals surface area (Å²) < 4.78 is 0. The first kappa shape index (κ1) is 13.6. The third-order valence-corrected chi connectivity index (χ3v) is 4.63. The molecule has 1 fully saturated rings. The van der Waals surface area contributed by atoms with E-state index in [1.807, 2.05) is 0 Å². The number of benzene rings is 1. The Bertz CT molecular complexity index is 346. The summed E-state index contributed by atoms with van der Waals surface area (Å²) in [4.78, 5) is 0. The summed E-state index contributed by atoms with van der Waals surface area (Å²) in [7, 11) is 0. The van der Waals surface area contributed by atoms with Crippen LogP contribution >= 0.6 is 0 Å². The highest BCUT2D eigenvalue weighted by atomic mass is 14.6. The molecule has 18 heavy (non-hydrogen) atoms. The van der Waals surface area contributed by atoms with Crippen molar-refractivity contribution < 1.29 is 0 Å². The molecular weight excluding hydrogens is 218 g/mol. The van der Waals surface area contributed by atoms with Crippen molar-refractivity contribution >= 4 is 0 Å². The van der Waals surface area contributed by atoms with Gasteiger partial charge in [-0.15, -0.1) is 0 Å². The summed E-state index contributed by atoms with van der Waals surface area (Å²) in [6.07, 6.45) is 9.28. The minimum Gasteiger partial charge on any atom is -0.330 e. The Morgan fingerprint density at radius 2 is 2.06 bits per heavy atom. The van der Waals surface area contributed by atoms with Crippen LogP contribution in [0.2, 0.25) is 0 Å². The first-order valence-electron chi connectivity index (χ1n) is 7.48. The molecule has 0 amide bonds. The van der Waals surface area contributed by atoms with Gasteiger partial charge < -0.3 is 5.73 Å². The van der Waals surface area contributed by atoms with E-state index in [0.717, 1.165) is 12.5 Å². The molecule has 2 rings (SSSR count). The summed E-state index contributed by atoms with van der Waals surface area (Å²) in [6, 6.07) is 10.8. The summed E-state index contributed by atoms with van der Waals surface area (Å²) in [5.41, 5.74) is 8.00. The van der Waals surface area contributed by atoms with E-state index >= 15 is 0 Å². The van der Waals surface area contributed by atoms with Gasteiger partial charge in [0.2, 0.25) is 0 Å². The van der Waals surface area contributed by atoms with E-state index in [9.17, 15) is 0 Å². The van der Waals surface area contributed by atoms with Crippen molar-refractivity contribution in [3.63, 3.8) is 0 Å². The molecule has 1 aliphatic carbocycles. The molecule has 2 N–H and O–H groups in total. The lowest BCUT2D eigenvalue weighted by atomic mass is 9.67. The van der Waals surface area contributed by atoms with Crippen LogP contribution in [-0.2, 0) is 6.42 Å². The van der Waals surface area contributed by atoms with Gasteiger partial charge in [-0.1, -0.05) is 50.1 Å². The van der Waals surface area contributed by atoms with E-state index < -0.39 is 0 Å². The number of rotatable bonds is 5. The topological polar surface area (TPSA) is 26.0 Å². The summed E-state index contributed by atoms with van der Waals surface area (Å²) in [5, 5.41) is 0. The molecular formula is C17H27N. The zero-order chi connectivity index (χ0) is 12.8. The third kappa shape index (κ3) is 3.58. The lowest BCUT2D eigenvalue weighted by molar-refractivity contribution is 0.139. The van der Waals surface area contributed by atoms with Crippen molar-refractivity contribution in [1.29, 1.82) is 0 Å². The van der Waals surface area contributed by atoms with Gasteiger partial charge in [-0.2, -0.15) is 0 Å². The fraction of sp³-hybridized carbons (Fsp3) is 0.647. The Labute approximate surface area is 112 Å². The first-order chi connectivity index (χ1) is 8.74. The maximum absolute atomic E-state index is 6.08. The Kier molecular flexibility index (Phi) is 4.82. The smallest absolute Gasteiger partial charge is 0.00204 e. The zero-order valence-corrected chi connectivity index (χ0v) is 11.7. The highest BCUT2D eigenvalue weighted by Crippen LogP contribution is 2.42. The Hall–Kier alpha value is -0.820. The van der Waals surface area contributed by atoms with E-state index in [1.165, 1.54) is 50.5 Å². The third-order valence-electron chi connectivity index (χ3n) is 4.63. The molecule has 1 saturated carbocycles. The van der Waals surface area contributed by atoms with Crippen LogP contribution < -0.4 is 5.73 Å². The van der Waals surface area contributed by atoms with Gasteiger partial charge in [0.15, 0.2) is 0 Å². The summed E-state index contributed by atoms with van der Waals surface area (Å²) >= 11 is 0. The highest BCUT2D eigenvalue weighted by Gasteiger charge is 2.32. The summed E-state index contributed by atoms with van der Waals surface area (Å²) in [6.45, 7) is 3.27. The van der Waals surface area contributed by atoms with Crippen LogP contribution in [0.1, 0.15) is 51.0 Å². The Balaban J connectivity index is 1.83. The molecule has 2 atom stereocenters.